The Morgan fingerprint density at radius 2 is 1.81 bits per heavy atom. The first-order valence-corrected chi connectivity index (χ1v) is 10.1. The summed E-state index contributed by atoms with van der Waals surface area (Å²) in [6.07, 6.45) is -8.06. The molecule has 0 aromatic heterocycles. The maximum absolute atomic E-state index is 14.1. The van der Waals surface area contributed by atoms with Gasteiger partial charge in [0.2, 0.25) is 0 Å². The molecule has 0 bridgehead atoms. The van der Waals surface area contributed by atoms with Crippen molar-refractivity contribution in [3.63, 3.8) is 0 Å². The largest absolute Gasteiger partial charge is 0.457 e. The van der Waals surface area contributed by atoms with E-state index in [0.717, 1.165) is 19.2 Å². The fourth-order valence-electron chi connectivity index (χ4n) is 4.17. The van der Waals surface area contributed by atoms with Crippen LogP contribution in [0.25, 0.3) is 0 Å². The first-order valence-electron chi connectivity index (χ1n) is 10.1. The maximum Gasteiger partial charge on any atom is 0.432 e. The van der Waals surface area contributed by atoms with Gasteiger partial charge in [-0.3, -0.25) is 0 Å². The molecule has 3 N–H and O–H groups in total. The van der Waals surface area contributed by atoms with E-state index < -0.39 is 52.6 Å². The molecule has 2 rings (SSSR count). The van der Waals surface area contributed by atoms with Crippen LogP contribution >= 0.6 is 0 Å². The third-order valence-electron chi connectivity index (χ3n) is 5.72. The molecule has 1 aliphatic rings. The van der Waals surface area contributed by atoms with E-state index >= 15 is 0 Å². The van der Waals surface area contributed by atoms with E-state index in [9.17, 15) is 33.3 Å². The molecule has 1 fully saturated rings. The van der Waals surface area contributed by atoms with E-state index in [0.29, 0.717) is 0 Å². The maximum atomic E-state index is 14.1. The molecule has 1 saturated carbocycles. The molecule has 1 aromatic rings. The number of rotatable bonds is 5. The predicted octanol–water partition coefficient (Wildman–Crippen LogP) is 3.01. The molecule has 178 valence electrons. The average Bonchev–Trinajstić information content (AvgIpc) is 2.66. The van der Waals surface area contributed by atoms with Crippen LogP contribution in [-0.2, 0) is 19.9 Å². The number of aliphatic hydroxyl groups is 3. The Balaban J connectivity index is 2.49. The second-order valence-corrected chi connectivity index (χ2v) is 8.80. The molecule has 0 aliphatic heterocycles. The lowest BCUT2D eigenvalue weighted by Crippen LogP contribution is -2.60. The molecule has 1 aromatic carbocycles. The summed E-state index contributed by atoms with van der Waals surface area (Å²) in [5.41, 5.74) is -3.80. The van der Waals surface area contributed by atoms with Crippen LogP contribution in [0.4, 0.5) is 13.2 Å². The van der Waals surface area contributed by atoms with Crippen molar-refractivity contribution < 1.29 is 42.8 Å². The van der Waals surface area contributed by atoms with E-state index in [-0.39, 0.29) is 12.0 Å². The highest BCUT2D eigenvalue weighted by molar-refractivity contribution is 5.83. The van der Waals surface area contributed by atoms with Crippen LogP contribution < -0.4 is 0 Å². The van der Waals surface area contributed by atoms with Crippen molar-refractivity contribution in [2.75, 3.05) is 7.11 Å². The highest BCUT2D eigenvalue weighted by atomic mass is 19.4. The Kier molecular flexibility index (Phi) is 7.34. The van der Waals surface area contributed by atoms with Crippen molar-refractivity contribution in [1.82, 2.24) is 0 Å². The summed E-state index contributed by atoms with van der Waals surface area (Å²) in [4.78, 5) is 13.0. The lowest BCUT2D eigenvalue weighted by Gasteiger charge is -2.48. The number of hydrogen-bond acceptors (Lipinski definition) is 6. The molecule has 9 heteroatoms. The Bertz CT molecular complexity index is 885. The van der Waals surface area contributed by atoms with Gasteiger partial charge in [-0.1, -0.05) is 44.2 Å². The summed E-state index contributed by atoms with van der Waals surface area (Å²) in [6, 6.07) is 6.34. The number of carbonyl (C=O) groups excluding carboxylic acids is 1. The second kappa shape index (κ2) is 9.00. The van der Waals surface area contributed by atoms with Crippen LogP contribution in [0.15, 0.2) is 47.7 Å². The van der Waals surface area contributed by atoms with Gasteiger partial charge in [0.1, 0.15) is 17.8 Å². The topological polar surface area (TPSA) is 96.2 Å². The standard InChI is InChI=1S/C23H29F3O6/c1-14(27)11-12-17-20(2,3)13-16(18(28)21(17,4)30)32-19(29)22(31-5,23(24,25)26)15-9-7-6-8-10-15/h6-11,14,16,18,27-28,30H,13H2,1-5H3/t12?,14-,16-,18+,21-,22-/m0/s1. The number of alkyl halides is 3. The molecular formula is C23H29F3O6. The minimum Gasteiger partial charge on any atom is -0.457 e. The van der Waals surface area contributed by atoms with Crippen molar-refractivity contribution >= 4 is 5.97 Å². The highest BCUT2D eigenvalue weighted by Crippen LogP contribution is 2.48. The van der Waals surface area contributed by atoms with Crippen LogP contribution in [0.5, 0.6) is 0 Å². The molecule has 6 nitrogen and oxygen atoms in total. The predicted molar refractivity (Wildman–Crippen MR) is 109 cm³/mol. The molecule has 0 heterocycles. The van der Waals surface area contributed by atoms with Gasteiger partial charge >= 0.3 is 12.1 Å². The molecule has 0 amide bonds. The molecule has 0 spiro atoms. The van der Waals surface area contributed by atoms with Gasteiger partial charge in [0.25, 0.3) is 5.60 Å². The zero-order chi connectivity index (χ0) is 24.5. The number of benzene rings is 1. The van der Waals surface area contributed by atoms with E-state index in [1.807, 2.05) is 0 Å². The zero-order valence-electron chi connectivity index (χ0n) is 18.6. The lowest BCUT2D eigenvalue weighted by atomic mass is 9.64. The number of carbonyl (C=O) groups is 1. The van der Waals surface area contributed by atoms with E-state index in [1.165, 1.54) is 38.1 Å². The first-order chi connectivity index (χ1) is 14.6. The normalized spacial score (nSPS) is 28.3. The smallest absolute Gasteiger partial charge is 0.432 e. The molecule has 5 atom stereocenters. The van der Waals surface area contributed by atoms with Gasteiger partial charge < -0.3 is 24.8 Å². The summed E-state index contributed by atoms with van der Waals surface area (Å²) < 4.78 is 52.3. The summed E-state index contributed by atoms with van der Waals surface area (Å²) in [7, 11) is 0.751. The Hall–Kier alpha value is -2.16. The molecule has 0 radical (unpaired) electrons. The second-order valence-electron chi connectivity index (χ2n) is 8.80. The monoisotopic (exact) mass is 458 g/mol. The van der Waals surface area contributed by atoms with E-state index in [2.05, 4.69) is 5.73 Å². The quantitative estimate of drug-likeness (QED) is 0.464. The third-order valence-corrected chi connectivity index (χ3v) is 5.72. The Morgan fingerprint density at radius 1 is 1.25 bits per heavy atom. The fourth-order valence-corrected chi connectivity index (χ4v) is 4.17. The van der Waals surface area contributed by atoms with Crippen molar-refractivity contribution in [3.8, 4) is 0 Å². The number of methoxy groups -OCH3 is 1. The summed E-state index contributed by atoms with van der Waals surface area (Å²) >= 11 is 0. The zero-order valence-corrected chi connectivity index (χ0v) is 18.6. The molecular weight excluding hydrogens is 429 g/mol. The first kappa shape index (κ1) is 26.1. The number of aliphatic hydroxyl groups excluding tert-OH is 2. The minimum atomic E-state index is -5.16. The van der Waals surface area contributed by atoms with Gasteiger partial charge in [-0.15, -0.1) is 5.73 Å². The van der Waals surface area contributed by atoms with Crippen molar-refractivity contribution in [3.05, 3.63) is 53.3 Å². The van der Waals surface area contributed by atoms with Crippen LogP contribution in [0.2, 0.25) is 0 Å². The average molecular weight is 458 g/mol. The Morgan fingerprint density at radius 3 is 2.28 bits per heavy atom. The van der Waals surface area contributed by atoms with Gasteiger partial charge in [0.05, 0.1) is 6.10 Å². The number of halogens is 3. The van der Waals surface area contributed by atoms with Crippen molar-refractivity contribution in [1.29, 1.82) is 0 Å². The molecule has 0 unspecified atom stereocenters. The van der Waals surface area contributed by atoms with Gasteiger partial charge in [0, 0.05) is 18.2 Å². The third kappa shape index (κ3) is 4.63. The minimum absolute atomic E-state index is 0.0987. The van der Waals surface area contributed by atoms with Crippen LogP contribution in [0.1, 0.15) is 39.7 Å². The number of ether oxygens (including phenoxy) is 2. The summed E-state index contributed by atoms with van der Waals surface area (Å²) in [5, 5.41) is 31.2. The van der Waals surface area contributed by atoms with E-state index in [1.54, 1.807) is 13.8 Å². The number of esters is 1. The van der Waals surface area contributed by atoms with Gasteiger partial charge in [-0.2, -0.15) is 13.2 Å². The van der Waals surface area contributed by atoms with Gasteiger partial charge in [-0.05, 0) is 31.8 Å². The van der Waals surface area contributed by atoms with Gasteiger partial charge in [-0.25, -0.2) is 4.79 Å². The SMILES string of the molecule is CO[C@](C(=O)O[C@H]1CC(C)(C)C(=C=C[C@H](C)O)[C@](C)(O)[C@@H]1O)(c1ccccc1)C(F)(F)F. The molecule has 1 aliphatic carbocycles. The molecule has 0 saturated heterocycles. The van der Waals surface area contributed by atoms with Crippen molar-refractivity contribution in [2.24, 2.45) is 5.41 Å². The highest BCUT2D eigenvalue weighted by Gasteiger charge is 2.65. The Labute approximate surface area is 185 Å². The number of hydrogen-bond donors (Lipinski definition) is 3. The summed E-state index contributed by atoms with van der Waals surface area (Å²) in [6.45, 7) is 6.06. The van der Waals surface area contributed by atoms with Gasteiger partial charge in [0.15, 0.2) is 0 Å². The summed E-state index contributed by atoms with van der Waals surface area (Å²) in [5.74, 6) is -1.75. The van der Waals surface area contributed by atoms with E-state index in [4.69, 9.17) is 9.47 Å². The lowest BCUT2D eigenvalue weighted by molar-refractivity contribution is -0.282. The molecule has 32 heavy (non-hydrogen) atoms. The fraction of sp³-hybridized carbons (Fsp3) is 0.565. The van der Waals surface area contributed by atoms with Crippen LogP contribution in [-0.4, -0.2) is 58.5 Å². The van der Waals surface area contributed by atoms with Crippen molar-refractivity contribution in [2.45, 2.75) is 69.8 Å². The van der Waals surface area contributed by atoms with Crippen LogP contribution in [0, 0.1) is 5.41 Å². The van der Waals surface area contributed by atoms with Crippen LogP contribution in [0.3, 0.4) is 0 Å².